The molecule has 1 fully saturated rings. The van der Waals surface area contributed by atoms with Crippen molar-refractivity contribution in [1.82, 2.24) is 14.2 Å². The van der Waals surface area contributed by atoms with Crippen molar-refractivity contribution in [3.05, 3.63) is 23.4 Å². The summed E-state index contributed by atoms with van der Waals surface area (Å²) < 4.78 is 31.1. The number of aliphatic hydroxyl groups excluding tert-OH is 1. The highest BCUT2D eigenvalue weighted by Crippen LogP contribution is 2.29. The molecule has 0 saturated heterocycles. The maximum absolute atomic E-state index is 13.3. The number of hydrogen-bond donors (Lipinski definition) is 1. The van der Waals surface area contributed by atoms with Gasteiger partial charge in [-0.3, -0.25) is 4.79 Å². The van der Waals surface area contributed by atoms with Crippen LogP contribution in [0.2, 0.25) is 0 Å². The minimum absolute atomic E-state index is 0.125. The summed E-state index contributed by atoms with van der Waals surface area (Å²) in [6.45, 7) is 3.93. The minimum atomic E-state index is -3.39. The van der Waals surface area contributed by atoms with Crippen LogP contribution in [0.1, 0.15) is 42.6 Å². The van der Waals surface area contributed by atoms with Gasteiger partial charge in [0, 0.05) is 37.2 Å². The smallest absolute Gasteiger partial charge is 0.259 e. The lowest BCUT2D eigenvalue weighted by Crippen LogP contribution is -2.50. The van der Waals surface area contributed by atoms with Crippen LogP contribution in [-0.4, -0.2) is 78.8 Å². The van der Waals surface area contributed by atoms with E-state index in [2.05, 4.69) is 16.8 Å². The van der Waals surface area contributed by atoms with Gasteiger partial charge in [-0.1, -0.05) is 18.8 Å². The number of aromatic nitrogens is 1. The van der Waals surface area contributed by atoms with E-state index in [1.165, 1.54) is 11.4 Å². The Morgan fingerprint density at radius 2 is 2.13 bits per heavy atom. The zero-order valence-electron chi connectivity index (χ0n) is 17.8. The molecule has 1 saturated carbocycles. The van der Waals surface area contributed by atoms with Crippen LogP contribution in [-0.2, 0) is 10.0 Å². The molecule has 9 heteroatoms. The van der Waals surface area contributed by atoms with Gasteiger partial charge in [-0.25, -0.2) is 17.7 Å². The maximum Gasteiger partial charge on any atom is 0.259 e. The summed E-state index contributed by atoms with van der Waals surface area (Å²) in [4.78, 5) is 19.2. The van der Waals surface area contributed by atoms with E-state index in [0.29, 0.717) is 18.0 Å². The van der Waals surface area contributed by atoms with Crippen molar-refractivity contribution in [2.24, 2.45) is 11.8 Å². The van der Waals surface area contributed by atoms with Crippen molar-refractivity contribution in [3.63, 3.8) is 0 Å². The van der Waals surface area contributed by atoms with Crippen LogP contribution in [0.15, 0.2) is 12.3 Å². The van der Waals surface area contributed by atoms with Gasteiger partial charge in [0.2, 0.25) is 15.9 Å². The second-order valence-corrected chi connectivity index (χ2v) is 10.4. The van der Waals surface area contributed by atoms with E-state index in [4.69, 9.17) is 4.74 Å². The standard InChI is InChI=1S/C21H29N3O5S/c1-14-11-24(15(2)13-25)21(26)18-9-17(8-7-16-5-6-16)10-22-20(18)29-19(14)12-23(3)30(4,27)28/h9-10,14-16,19,25H,5-6,11-13H2,1-4H3/t14-,15+,19-/m1/s1. The van der Waals surface area contributed by atoms with Crippen molar-refractivity contribution in [2.75, 3.05) is 33.0 Å². The monoisotopic (exact) mass is 435 g/mol. The number of carbonyl (C=O) groups is 1. The van der Waals surface area contributed by atoms with Crippen LogP contribution in [0.5, 0.6) is 5.88 Å². The Morgan fingerprint density at radius 3 is 2.73 bits per heavy atom. The summed E-state index contributed by atoms with van der Waals surface area (Å²) >= 11 is 0. The number of nitrogens with zero attached hydrogens (tertiary/aromatic N) is 3. The fraction of sp³-hybridized carbons (Fsp3) is 0.619. The van der Waals surface area contributed by atoms with Gasteiger partial charge in [-0.05, 0) is 25.8 Å². The second-order valence-electron chi connectivity index (χ2n) is 8.29. The summed E-state index contributed by atoms with van der Waals surface area (Å²) in [6.07, 6.45) is 4.40. The van der Waals surface area contributed by atoms with Crippen molar-refractivity contribution >= 4 is 15.9 Å². The normalized spacial score (nSPS) is 23.0. The Bertz CT molecular complexity index is 965. The van der Waals surface area contributed by atoms with Crippen LogP contribution in [0.4, 0.5) is 0 Å². The molecule has 2 heterocycles. The number of rotatable bonds is 5. The van der Waals surface area contributed by atoms with Gasteiger partial charge in [0.1, 0.15) is 11.7 Å². The Kier molecular flexibility index (Phi) is 6.70. The van der Waals surface area contributed by atoms with E-state index in [1.807, 2.05) is 6.92 Å². The summed E-state index contributed by atoms with van der Waals surface area (Å²) in [5, 5.41) is 9.68. The van der Waals surface area contributed by atoms with E-state index < -0.39 is 22.2 Å². The van der Waals surface area contributed by atoms with E-state index in [0.717, 1.165) is 19.1 Å². The SMILES string of the molecule is C[C@@H]1CN([C@@H](C)CO)C(=O)c2cc(C#CC3CC3)cnc2O[C@@H]1CN(C)S(C)(=O)=O. The van der Waals surface area contributed by atoms with Crippen molar-refractivity contribution in [3.8, 4) is 17.7 Å². The number of ether oxygens (including phenoxy) is 1. The summed E-state index contributed by atoms with van der Waals surface area (Å²) in [5.74, 6) is 6.34. The van der Waals surface area contributed by atoms with Crippen LogP contribution in [0.3, 0.4) is 0 Å². The van der Waals surface area contributed by atoms with Crippen LogP contribution in [0, 0.1) is 23.7 Å². The molecular weight excluding hydrogens is 406 g/mol. The molecule has 0 spiro atoms. The Morgan fingerprint density at radius 1 is 1.43 bits per heavy atom. The zero-order valence-corrected chi connectivity index (χ0v) is 18.6. The van der Waals surface area contributed by atoms with E-state index in [-0.39, 0.29) is 36.4 Å². The minimum Gasteiger partial charge on any atom is -0.472 e. The zero-order chi connectivity index (χ0) is 22.1. The summed E-state index contributed by atoms with van der Waals surface area (Å²) in [5.41, 5.74) is 0.907. The Labute approximate surface area is 178 Å². The number of sulfonamides is 1. The van der Waals surface area contributed by atoms with Crippen LogP contribution < -0.4 is 4.74 Å². The number of pyridine rings is 1. The molecule has 0 aromatic carbocycles. The molecule has 30 heavy (non-hydrogen) atoms. The molecule has 1 aliphatic carbocycles. The molecule has 1 aliphatic heterocycles. The van der Waals surface area contributed by atoms with E-state index in [1.54, 1.807) is 24.1 Å². The first-order chi connectivity index (χ1) is 14.1. The highest BCUT2D eigenvalue weighted by molar-refractivity contribution is 7.88. The van der Waals surface area contributed by atoms with Gasteiger partial charge in [0.05, 0.1) is 25.4 Å². The topological polar surface area (TPSA) is 100 Å². The third-order valence-corrected chi connectivity index (χ3v) is 6.80. The number of likely N-dealkylation sites (N-methyl/N-ethyl adjacent to an activating group) is 1. The first-order valence-electron chi connectivity index (χ1n) is 10.1. The maximum atomic E-state index is 13.3. The van der Waals surface area contributed by atoms with Gasteiger partial charge >= 0.3 is 0 Å². The number of amides is 1. The van der Waals surface area contributed by atoms with E-state index in [9.17, 15) is 18.3 Å². The molecule has 0 bridgehead atoms. The van der Waals surface area contributed by atoms with Gasteiger partial charge in [-0.2, -0.15) is 0 Å². The van der Waals surface area contributed by atoms with Gasteiger partial charge in [0.25, 0.3) is 5.91 Å². The molecule has 164 valence electrons. The lowest BCUT2D eigenvalue weighted by atomic mass is 10.0. The number of hydrogen-bond acceptors (Lipinski definition) is 6. The lowest BCUT2D eigenvalue weighted by Gasteiger charge is -2.37. The fourth-order valence-electron chi connectivity index (χ4n) is 3.19. The van der Waals surface area contributed by atoms with Crippen molar-refractivity contribution in [1.29, 1.82) is 0 Å². The van der Waals surface area contributed by atoms with E-state index >= 15 is 0 Å². The highest BCUT2D eigenvalue weighted by Gasteiger charge is 2.35. The average molecular weight is 436 g/mol. The molecule has 1 amide bonds. The molecule has 0 unspecified atom stereocenters. The highest BCUT2D eigenvalue weighted by atomic mass is 32.2. The van der Waals surface area contributed by atoms with Crippen molar-refractivity contribution < 1.29 is 23.1 Å². The van der Waals surface area contributed by atoms with Gasteiger partial charge in [-0.15, -0.1) is 0 Å². The number of carbonyl (C=O) groups excluding carboxylic acids is 1. The van der Waals surface area contributed by atoms with Crippen LogP contribution >= 0.6 is 0 Å². The molecule has 1 aromatic heterocycles. The molecule has 8 nitrogen and oxygen atoms in total. The second kappa shape index (κ2) is 8.92. The molecular formula is C21H29N3O5S. The predicted octanol–water partition coefficient (Wildman–Crippen LogP) is 0.955. The Hall–Kier alpha value is -2.15. The Balaban J connectivity index is 1.99. The van der Waals surface area contributed by atoms with Crippen LogP contribution in [0.25, 0.3) is 0 Å². The molecule has 3 rings (SSSR count). The third-order valence-electron chi connectivity index (χ3n) is 5.52. The third kappa shape index (κ3) is 5.31. The van der Waals surface area contributed by atoms with Crippen molar-refractivity contribution in [2.45, 2.75) is 38.8 Å². The summed E-state index contributed by atoms with van der Waals surface area (Å²) in [7, 11) is -1.90. The predicted molar refractivity (Wildman–Crippen MR) is 112 cm³/mol. The molecule has 2 aliphatic rings. The first kappa shape index (κ1) is 22.5. The number of fused-ring (bicyclic) bond motifs is 1. The van der Waals surface area contributed by atoms with Gasteiger partial charge in [0.15, 0.2) is 0 Å². The molecule has 1 N–H and O–H groups in total. The average Bonchev–Trinajstić information content (AvgIpc) is 3.52. The summed E-state index contributed by atoms with van der Waals surface area (Å²) in [6, 6.07) is 1.27. The largest absolute Gasteiger partial charge is 0.472 e. The van der Waals surface area contributed by atoms with Gasteiger partial charge < -0.3 is 14.7 Å². The molecule has 3 atom stereocenters. The molecule has 1 aromatic rings. The first-order valence-corrected chi connectivity index (χ1v) is 12.0. The fourth-order valence-corrected chi connectivity index (χ4v) is 3.61. The lowest BCUT2D eigenvalue weighted by molar-refractivity contribution is 0.0373. The molecule has 0 radical (unpaired) electrons. The quantitative estimate of drug-likeness (QED) is 0.692. The number of aliphatic hydroxyl groups is 1.